The molecule has 0 unspecified atom stereocenters. The van der Waals surface area contributed by atoms with Crippen LogP contribution in [0.4, 0.5) is 0 Å². The van der Waals surface area contributed by atoms with Crippen LogP contribution in [0.15, 0.2) is 34.3 Å². The number of benzene rings is 1. The van der Waals surface area contributed by atoms with Gasteiger partial charge in [0.15, 0.2) is 11.5 Å². The maximum atomic E-state index is 11.7. The van der Waals surface area contributed by atoms with E-state index in [0.717, 1.165) is 35.7 Å². The van der Waals surface area contributed by atoms with Crippen molar-refractivity contribution in [1.82, 2.24) is 14.9 Å². The van der Waals surface area contributed by atoms with E-state index in [1.54, 1.807) is 0 Å². The highest BCUT2D eigenvalue weighted by molar-refractivity contribution is 7.71. The van der Waals surface area contributed by atoms with Gasteiger partial charge in [-0.15, -0.1) is 0 Å². The van der Waals surface area contributed by atoms with Crippen molar-refractivity contribution in [3.63, 3.8) is 0 Å². The lowest BCUT2D eigenvalue weighted by Crippen LogP contribution is -2.18. The molecule has 0 saturated carbocycles. The van der Waals surface area contributed by atoms with Gasteiger partial charge in [0.1, 0.15) is 6.20 Å². The lowest BCUT2D eigenvalue weighted by Gasteiger charge is -2.12. The van der Waals surface area contributed by atoms with Gasteiger partial charge in [0.25, 0.3) is 5.56 Å². The molecule has 0 aliphatic heterocycles. The molecule has 2 rings (SSSR count). The van der Waals surface area contributed by atoms with Gasteiger partial charge < -0.3 is 9.47 Å². The Morgan fingerprint density at radius 1 is 1.28 bits per heavy atom. The zero-order valence-electron chi connectivity index (χ0n) is 14.4. The molecule has 0 saturated heterocycles. The average molecular weight is 362 g/mol. The van der Waals surface area contributed by atoms with Gasteiger partial charge in [0.2, 0.25) is 4.77 Å². The molecule has 0 aliphatic rings. The first-order valence-electron chi connectivity index (χ1n) is 8.26. The zero-order chi connectivity index (χ0) is 18.1. The monoisotopic (exact) mass is 362 g/mol. The molecule has 1 heterocycles. The number of nitrogens with one attached hydrogen (secondary N) is 1. The number of ether oxygens (including phenoxy) is 2. The van der Waals surface area contributed by atoms with Crippen molar-refractivity contribution in [2.24, 2.45) is 5.10 Å². The van der Waals surface area contributed by atoms with Gasteiger partial charge in [0, 0.05) is 0 Å². The van der Waals surface area contributed by atoms with Gasteiger partial charge >= 0.3 is 0 Å². The maximum absolute atomic E-state index is 11.7. The van der Waals surface area contributed by atoms with Crippen LogP contribution in [0.5, 0.6) is 11.5 Å². The first-order valence-corrected chi connectivity index (χ1v) is 8.67. The van der Waals surface area contributed by atoms with Crippen molar-refractivity contribution in [1.29, 1.82) is 0 Å². The molecule has 8 heteroatoms. The summed E-state index contributed by atoms with van der Waals surface area (Å²) in [5.41, 5.74) is 0.364. The minimum atomic E-state index is -0.402. The second-order valence-corrected chi connectivity index (χ2v) is 5.65. The predicted molar refractivity (Wildman–Crippen MR) is 99.3 cm³/mol. The summed E-state index contributed by atoms with van der Waals surface area (Å²) in [5.74, 6) is 1.35. The molecule has 134 valence electrons. The second kappa shape index (κ2) is 9.73. The number of hydrogen-bond donors (Lipinski definition) is 1. The molecular formula is C17H22N4O3S. The molecule has 1 aromatic heterocycles. The SMILES string of the molecule is CCCCCOc1ccc(/C=N/n2c(=O)cn[nH]c2=S)cc1OCC. The summed E-state index contributed by atoms with van der Waals surface area (Å²) in [5, 5.41) is 10.2. The fraction of sp³-hybridized carbons (Fsp3) is 0.412. The summed E-state index contributed by atoms with van der Waals surface area (Å²) in [7, 11) is 0. The Kier molecular flexibility index (Phi) is 7.34. The van der Waals surface area contributed by atoms with Crippen LogP contribution in [0.2, 0.25) is 0 Å². The fourth-order valence-corrected chi connectivity index (χ4v) is 2.30. The Balaban J connectivity index is 2.19. The van der Waals surface area contributed by atoms with Gasteiger partial charge in [-0.25, -0.2) is 0 Å². The third kappa shape index (κ3) is 5.53. The number of aromatic nitrogens is 3. The summed E-state index contributed by atoms with van der Waals surface area (Å²) in [4.78, 5) is 11.7. The molecule has 0 aliphatic carbocycles. The molecule has 0 spiro atoms. The van der Waals surface area contributed by atoms with E-state index >= 15 is 0 Å². The van der Waals surface area contributed by atoms with Crippen molar-refractivity contribution in [2.75, 3.05) is 13.2 Å². The fourth-order valence-electron chi connectivity index (χ4n) is 2.11. The highest BCUT2D eigenvalue weighted by Crippen LogP contribution is 2.28. The molecule has 1 N–H and O–H groups in total. The average Bonchev–Trinajstić information content (AvgIpc) is 2.60. The van der Waals surface area contributed by atoms with Crippen LogP contribution in [-0.2, 0) is 0 Å². The van der Waals surface area contributed by atoms with Crippen molar-refractivity contribution in [3.05, 3.63) is 45.1 Å². The maximum Gasteiger partial charge on any atom is 0.293 e. The van der Waals surface area contributed by atoms with Crippen molar-refractivity contribution in [3.8, 4) is 11.5 Å². The first kappa shape index (κ1) is 18.9. The smallest absolute Gasteiger partial charge is 0.293 e. The molecule has 2 aromatic rings. The predicted octanol–water partition coefficient (Wildman–Crippen LogP) is 3.15. The molecule has 7 nitrogen and oxygen atoms in total. The van der Waals surface area contributed by atoms with Gasteiger partial charge in [-0.1, -0.05) is 19.8 Å². The molecular weight excluding hydrogens is 340 g/mol. The first-order chi connectivity index (χ1) is 12.2. The topological polar surface area (TPSA) is 81.5 Å². The van der Waals surface area contributed by atoms with Gasteiger partial charge in [0.05, 0.1) is 19.4 Å². The number of unbranched alkanes of at least 4 members (excludes halogenated alkanes) is 2. The standard InChI is InChI=1S/C17H22N4O3S/c1-3-5-6-9-24-14-8-7-13(10-15(14)23-4-2)11-19-21-16(22)12-18-20-17(21)25/h7-8,10-12H,3-6,9H2,1-2H3,(H,20,25)/b19-11+. The summed E-state index contributed by atoms with van der Waals surface area (Å²) < 4.78 is 12.6. The van der Waals surface area contributed by atoms with E-state index in [2.05, 4.69) is 22.2 Å². The van der Waals surface area contributed by atoms with Crippen LogP contribution in [0, 0.1) is 4.77 Å². The summed E-state index contributed by atoms with van der Waals surface area (Å²) in [6, 6.07) is 5.51. The number of aromatic amines is 1. The largest absolute Gasteiger partial charge is 0.490 e. The summed E-state index contributed by atoms with van der Waals surface area (Å²) >= 11 is 5.00. The van der Waals surface area contributed by atoms with Crippen molar-refractivity contribution in [2.45, 2.75) is 33.1 Å². The minimum absolute atomic E-state index is 0.129. The summed E-state index contributed by atoms with van der Waals surface area (Å²) in [6.45, 7) is 5.25. The molecule has 0 bridgehead atoms. The van der Waals surface area contributed by atoms with Gasteiger partial charge in [-0.05, 0) is 49.3 Å². The van der Waals surface area contributed by atoms with Crippen molar-refractivity contribution < 1.29 is 9.47 Å². The molecule has 25 heavy (non-hydrogen) atoms. The Hall–Kier alpha value is -2.48. The Morgan fingerprint density at radius 2 is 2.12 bits per heavy atom. The lowest BCUT2D eigenvalue weighted by molar-refractivity contribution is 0.271. The van der Waals surface area contributed by atoms with E-state index in [-0.39, 0.29) is 4.77 Å². The third-order valence-electron chi connectivity index (χ3n) is 3.33. The summed E-state index contributed by atoms with van der Waals surface area (Å²) in [6.07, 6.45) is 5.94. The lowest BCUT2D eigenvalue weighted by atomic mass is 10.2. The van der Waals surface area contributed by atoms with E-state index in [1.165, 1.54) is 6.21 Å². The molecule has 0 amide bonds. The van der Waals surface area contributed by atoms with E-state index < -0.39 is 5.56 Å². The zero-order valence-corrected chi connectivity index (χ0v) is 15.2. The van der Waals surface area contributed by atoms with Crippen LogP contribution in [0.1, 0.15) is 38.7 Å². The van der Waals surface area contributed by atoms with E-state index in [0.29, 0.717) is 24.7 Å². The number of rotatable bonds is 9. The van der Waals surface area contributed by atoms with Gasteiger partial charge in [-0.3, -0.25) is 9.89 Å². The number of hydrogen-bond acceptors (Lipinski definition) is 6. The molecule has 0 atom stereocenters. The molecule has 1 aromatic carbocycles. The van der Waals surface area contributed by atoms with Crippen molar-refractivity contribution >= 4 is 18.4 Å². The van der Waals surface area contributed by atoms with Crippen LogP contribution in [-0.4, -0.2) is 34.3 Å². The third-order valence-corrected chi connectivity index (χ3v) is 3.60. The number of H-pyrrole nitrogens is 1. The van der Waals surface area contributed by atoms with Crippen LogP contribution >= 0.6 is 12.2 Å². The van der Waals surface area contributed by atoms with Crippen LogP contribution < -0.4 is 15.0 Å². The Labute approximate surface area is 151 Å². The normalized spacial score (nSPS) is 11.0. The number of nitrogens with zero attached hydrogens (tertiary/aromatic N) is 3. The molecule has 0 radical (unpaired) electrons. The quantitative estimate of drug-likeness (QED) is 0.421. The van der Waals surface area contributed by atoms with Crippen LogP contribution in [0.3, 0.4) is 0 Å². The highest BCUT2D eigenvalue weighted by Gasteiger charge is 2.06. The van der Waals surface area contributed by atoms with Crippen LogP contribution in [0.25, 0.3) is 0 Å². The van der Waals surface area contributed by atoms with Gasteiger partial charge in [-0.2, -0.15) is 14.9 Å². The van der Waals surface area contributed by atoms with E-state index in [1.807, 2.05) is 25.1 Å². The second-order valence-electron chi connectivity index (χ2n) is 5.26. The minimum Gasteiger partial charge on any atom is -0.490 e. The Morgan fingerprint density at radius 3 is 2.84 bits per heavy atom. The molecule has 0 fully saturated rings. The highest BCUT2D eigenvalue weighted by atomic mass is 32.1. The van der Waals surface area contributed by atoms with E-state index in [9.17, 15) is 4.79 Å². The Bertz CT molecular complexity index is 801. The van der Waals surface area contributed by atoms with E-state index in [4.69, 9.17) is 21.7 Å².